The molecule has 0 spiro atoms. The molecule has 1 heterocycles. The lowest BCUT2D eigenvalue weighted by Crippen LogP contribution is -2.53. The summed E-state index contributed by atoms with van der Waals surface area (Å²) < 4.78 is 1.07. The smallest absolute Gasteiger partial charge is 0.242 e. The summed E-state index contributed by atoms with van der Waals surface area (Å²) in [5.41, 5.74) is 0.723. The van der Waals surface area contributed by atoms with Crippen LogP contribution in [0.15, 0.2) is 28.7 Å². The number of hydrogen-bond acceptors (Lipinski definition) is 2. The number of carbonyl (C=O) groups is 1. The Morgan fingerprint density at radius 2 is 2.25 bits per heavy atom. The molecule has 1 saturated heterocycles. The molecule has 1 N–H and O–H groups in total. The van der Waals surface area contributed by atoms with Gasteiger partial charge in [0, 0.05) is 11.0 Å². The molecular formula is C16H23BrN2O. The van der Waals surface area contributed by atoms with Crippen molar-refractivity contribution in [1.29, 1.82) is 0 Å². The molecule has 1 atom stereocenters. The molecule has 0 aromatic heterocycles. The van der Waals surface area contributed by atoms with Crippen molar-refractivity contribution >= 4 is 21.8 Å². The highest BCUT2D eigenvalue weighted by molar-refractivity contribution is 9.10. The summed E-state index contributed by atoms with van der Waals surface area (Å²) in [4.78, 5) is 14.8. The molecule has 1 aliphatic heterocycles. The van der Waals surface area contributed by atoms with E-state index in [-0.39, 0.29) is 11.9 Å². The first kappa shape index (κ1) is 15.5. The molecule has 2 rings (SSSR count). The van der Waals surface area contributed by atoms with E-state index in [2.05, 4.69) is 33.4 Å². The second-order valence-electron chi connectivity index (χ2n) is 5.87. The number of benzene rings is 1. The van der Waals surface area contributed by atoms with Gasteiger partial charge in [-0.1, -0.05) is 35.0 Å². The first-order chi connectivity index (χ1) is 9.45. The van der Waals surface area contributed by atoms with Crippen molar-refractivity contribution in [2.75, 3.05) is 13.1 Å². The number of hydrogen-bond donors (Lipinski definition) is 1. The maximum Gasteiger partial charge on any atom is 0.242 e. The lowest BCUT2D eigenvalue weighted by Gasteiger charge is -2.34. The summed E-state index contributed by atoms with van der Waals surface area (Å²) in [5.74, 6) is 0.196. The maximum atomic E-state index is 12.8. The summed E-state index contributed by atoms with van der Waals surface area (Å²) in [6, 6.07) is 8.50. The minimum atomic E-state index is -0.497. The molecule has 1 aromatic carbocycles. The minimum absolute atomic E-state index is 0.196. The van der Waals surface area contributed by atoms with E-state index in [1.54, 1.807) is 0 Å². The van der Waals surface area contributed by atoms with Crippen LogP contribution in [0.5, 0.6) is 0 Å². The van der Waals surface area contributed by atoms with Crippen LogP contribution in [0.25, 0.3) is 0 Å². The molecule has 0 bridgehead atoms. The predicted molar refractivity (Wildman–Crippen MR) is 85.6 cm³/mol. The quantitative estimate of drug-likeness (QED) is 0.911. The van der Waals surface area contributed by atoms with Gasteiger partial charge in [0.05, 0.1) is 11.6 Å². The Labute approximate surface area is 129 Å². The minimum Gasteiger partial charge on any atom is -0.334 e. The van der Waals surface area contributed by atoms with E-state index in [1.165, 1.54) is 5.56 Å². The number of amides is 1. The largest absolute Gasteiger partial charge is 0.334 e. The van der Waals surface area contributed by atoms with Gasteiger partial charge in [-0.25, -0.2) is 0 Å². The Morgan fingerprint density at radius 3 is 2.90 bits per heavy atom. The Hall–Kier alpha value is -0.870. The van der Waals surface area contributed by atoms with Gasteiger partial charge < -0.3 is 10.2 Å². The summed E-state index contributed by atoms with van der Waals surface area (Å²) in [5, 5.41) is 3.28. The molecular weight excluding hydrogens is 316 g/mol. The van der Waals surface area contributed by atoms with Gasteiger partial charge in [-0.3, -0.25) is 4.79 Å². The second kappa shape index (κ2) is 6.27. The zero-order valence-electron chi connectivity index (χ0n) is 12.4. The number of halogens is 1. The van der Waals surface area contributed by atoms with Gasteiger partial charge in [-0.2, -0.15) is 0 Å². The second-order valence-corrected chi connectivity index (χ2v) is 6.78. The summed E-state index contributed by atoms with van der Waals surface area (Å²) >= 11 is 3.51. The molecule has 0 radical (unpaired) electrons. The van der Waals surface area contributed by atoms with Crippen LogP contribution in [0.3, 0.4) is 0 Å². The zero-order valence-corrected chi connectivity index (χ0v) is 14.0. The Kier molecular flexibility index (Phi) is 4.86. The van der Waals surface area contributed by atoms with E-state index in [0.29, 0.717) is 0 Å². The van der Waals surface area contributed by atoms with Crippen molar-refractivity contribution < 1.29 is 4.79 Å². The number of carbonyl (C=O) groups excluding carboxylic acids is 1. The third-order valence-electron chi connectivity index (χ3n) is 3.90. The van der Waals surface area contributed by atoms with E-state index in [1.807, 2.05) is 37.8 Å². The molecule has 3 nitrogen and oxygen atoms in total. The molecule has 0 aliphatic carbocycles. The maximum absolute atomic E-state index is 12.8. The van der Waals surface area contributed by atoms with Crippen molar-refractivity contribution in [3.8, 4) is 0 Å². The first-order valence-corrected chi connectivity index (χ1v) is 8.06. The number of likely N-dealkylation sites (N-methyl/N-ethyl adjacent to an activating group) is 1. The van der Waals surface area contributed by atoms with Gasteiger partial charge in [0.15, 0.2) is 0 Å². The third kappa shape index (κ3) is 3.23. The molecule has 1 fully saturated rings. The van der Waals surface area contributed by atoms with Crippen LogP contribution in [0.4, 0.5) is 0 Å². The van der Waals surface area contributed by atoms with Gasteiger partial charge in [0.25, 0.3) is 0 Å². The van der Waals surface area contributed by atoms with Gasteiger partial charge in [-0.05, 0) is 50.9 Å². The number of likely N-dealkylation sites (tertiary alicyclic amines) is 1. The summed E-state index contributed by atoms with van der Waals surface area (Å²) in [6.07, 6.45) is 2.12. The van der Waals surface area contributed by atoms with Crippen molar-refractivity contribution in [3.63, 3.8) is 0 Å². The molecule has 0 saturated carbocycles. The van der Waals surface area contributed by atoms with Gasteiger partial charge in [0.1, 0.15) is 0 Å². The van der Waals surface area contributed by atoms with Crippen LogP contribution >= 0.6 is 15.9 Å². The predicted octanol–water partition coefficient (Wildman–Crippen LogP) is 3.50. The van der Waals surface area contributed by atoms with Crippen LogP contribution in [-0.4, -0.2) is 29.4 Å². The molecule has 110 valence electrons. The number of rotatable bonds is 4. The van der Waals surface area contributed by atoms with Crippen molar-refractivity contribution in [1.82, 2.24) is 10.2 Å². The number of nitrogens with zero attached hydrogens (tertiary/aromatic N) is 1. The van der Waals surface area contributed by atoms with Crippen LogP contribution in [0.2, 0.25) is 0 Å². The standard InChI is InChI=1S/C16H23BrN2O/c1-4-18-16(2,3)15(20)19-10-6-9-14(19)12-7-5-8-13(17)11-12/h5,7-8,11,14,18H,4,6,9-10H2,1-3H3. The van der Waals surface area contributed by atoms with E-state index < -0.39 is 5.54 Å². The lowest BCUT2D eigenvalue weighted by molar-refractivity contribution is -0.138. The van der Waals surface area contributed by atoms with Crippen LogP contribution in [-0.2, 0) is 4.79 Å². The molecule has 20 heavy (non-hydrogen) atoms. The Balaban J connectivity index is 2.21. The van der Waals surface area contributed by atoms with Gasteiger partial charge >= 0.3 is 0 Å². The van der Waals surface area contributed by atoms with E-state index in [4.69, 9.17) is 0 Å². The fourth-order valence-electron chi connectivity index (χ4n) is 2.95. The average Bonchev–Trinajstić information content (AvgIpc) is 2.86. The van der Waals surface area contributed by atoms with Crippen LogP contribution in [0, 0.1) is 0 Å². The highest BCUT2D eigenvalue weighted by atomic mass is 79.9. The number of nitrogens with one attached hydrogen (secondary N) is 1. The Morgan fingerprint density at radius 1 is 1.50 bits per heavy atom. The molecule has 1 amide bonds. The van der Waals surface area contributed by atoms with E-state index in [9.17, 15) is 4.79 Å². The van der Waals surface area contributed by atoms with Crippen molar-refractivity contribution in [3.05, 3.63) is 34.3 Å². The molecule has 4 heteroatoms. The van der Waals surface area contributed by atoms with Crippen molar-refractivity contribution in [2.24, 2.45) is 0 Å². The fourth-order valence-corrected chi connectivity index (χ4v) is 3.36. The van der Waals surface area contributed by atoms with E-state index >= 15 is 0 Å². The lowest BCUT2D eigenvalue weighted by atomic mass is 10.00. The summed E-state index contributed by atoms with van der Waals surface area (Å²) in [7, 11) is 0. The van der Waals surface area contributed by atoms with Gasteiger partial charge in [-0.15, -0.1) is 0 Å². The zero-order chi connectivity index (χ0) is 14.8. The summed E-state index contributed by atoms with van der Waals surface area (Å²) in [6.45, 7) is 7.62. The third-order valence-corrected chi connectivity index (χ3v) is 4.39. The Bertz CT molecular complexity index is 487. The topological polar surface area (TPSA) is 32.3 Å². The highest BCUT2D eigenvalue weighted by Gasteiger charge is 2.37. The first-order valence-electron chi connectivity index (χ1n) is 7.27. The normalized spacial score (nSPS) is 19.4. The van der Waals surface area contributed by atoms with E-state index in [0.717, 1.165) is 30.4 Å². The van der Waals surface area contributed by atoms with Gasteiger partial charge in [0.2, 0.25) is 5.91 Å². The van der Waals surface area contributed by atoms with Crippen LogP contribution in [0.1, 0.15) is 45.2 Å². The monoisotopic (exact) mass is 338 g/mol. The molecule has 1 unspecified atom stereocenters. The SMILES string of the molecule is CCNC(C)(C)C(=O)N1CCCC1c1cccc(Br)c1. The highest BCUT2D eigenvalue weighted by Crippen LogP contribution is 2.34. The van der Waals surface area contributed by atoms with Crippen LogP contribution < -0.4 is 5.32 Å². The van der Waals surface area contributed by atoms with Crippen molar-refractivity contribution in [2.45, 2.75) is 45.2 Å². The molecule has 1 aromatic rings. The fraction of sp³-hybridized carbons (Fsp3) is 0.562. The molecule has 1 aliphatic rings. The average molecular weight is 339 g/mol.